The van der Waals surface area contributed by atoms with Gasteiger partial charge in [0.1, 0.15) is 22.2 Å². The third-order valence-electron chi connectivity index (χ3n) is 3.26. The predicted octanol–water partition coefficient (Wildman–Crippen LogP) is 2.95. The number of rotatable bonds is 5. The highest BCUT2D eigenvalue weighted by Crippen LogP contribution is 2.39. The topological polar surface area (TPSA) is 89.1 Å². The molecule has 0 atom stereocenters. The number of carboxylic acid groups (broad SMARTS) is 1. The number of hydrogen-bond acceptors (Lipinski definition) is 6. The third-order valence-corrected chi connectivity index (χ3v) is 4.26. The van der Waals surface area contributed by atoms with Gasteiger partial charge in [0.05, 0.1) is 17.1 Å². The van der Waals surface area contributed by atoms with E-state index in [1.165, 1.54) is 11.8 Å². The van der Waals surface area contributed by atoms with Gasteiger partial charge < -0.3 is 9.63 Å². The Morgan fingerprint density at radius 3 is 2.76 bits per heavy atom. The van der Waals surface area contributed by atoms with Gasteiger partial charge in [-0.1, -0.05) is 16.9 Å². The van der Waals surface area contributed by atoms with Crippen molar-refractivity contribution in [2.24, 2.45) is 0 Å². The van der Waals surface area contributed by atoms with Crippen LogP contribution in [0, 0.1) is 13.8 Å². The van der Waals surface area contributed by atoms with E-state index in [9.17, 15) is 9.90 Å². The molecule has 2 aromatic rings. The van der Waals surface area contributed by atoms with Gasteiger partial charge in [0, 0.05) is 12.0 Å². The van der Waals surface area contributed by atoms with Crippen LogP contribution in [-0.4, -0.2) is 26.2 Å². The number of carboxylic acids is 1. The summed E-state index contributed by atoms with van der Waals surface area (Å²) in [6, 6.07) is 1.84. The van der Waals surface area contributed by atoms with E-state index in [-0.39, 0.29) is 5.56 Å². The summed E-state index contributed by atoms with van der Waals surface area (Å²) in [5.74, 6) is 1.36. The monoisotopic (exact) mass is 305 g/mol. The number of hydrogen-bond donors (Lipinski definition) is 1. The van der Waals surface area contributed by atoms with Crippen LogP contribution in [0.15, 0.2) is 15.6 Å². The molecule has 21 heavy (non-hydrogen) atoms. The minimum absolute atomic E-state index is 0.181. The second kappa shape index (κ2) is 5.48. The lowest BCUT2D eigenvalue weighted by atomic mass is 10.2. The van der Waals surface area contributed by atoms with Gasteiger partial charge in [0.15, 0.2) is 0 Å². The summed E-state index contributed by atoms with van der Waals surface area (Å²) in [6.07, 6.45) is 2.16. The SMILES string of the molecule is Cc1cc(CSc2nc(C3CC3)nc(C)c2C(=O)O)on1. The first-order valence-electron chi connectivity index (χ1n) is 6.71. The summed E-state index contributed by atoms with van der Waals surface area (Å²) >= 11 is 1.35. The van der Waals surface area contributed by atoms with E-state index in [2.05, 4.69) is 15.1 Å². The van der Waals surface area contributed by atoms with Gasteiger partial charge in [-0.3, -0.25) is 0 Å². The Hall–Kier alpha value is -1.89. The Morgan fingerprint density at radius 1 is 1.43 bits per heavy atom. The Bertz CT molecular complexity index is 695. The maximum Gasteiger partial charge on any atom is 0.340 e. The van der Waals surface area contributed by atoms with Crippen molar-refractivity contribution in [3.63, 3.8) is 0 Å². The lowest BCUT2D eigenvalue weighted by Crippen LogP contribution is -2.09. The van der Waals surface area contributed by atoms with Crippen molar-refractivity contribution in [2.75, 3.05) is 0 Å². The van der Waals surface area contributed by atoms with E-state index >= 15 is 0 Å². The van der Waals surface area contributed by atoms with Gasteiger partial charge in [-0.15, -0.1) is 0 Å². The molecule has 0 aromatic carbocycles. The summed E-state index contributed by atoms with van der Waals surface area (Å²) in [4.78, 5) is 20.2. The minimum atomic E-state index is -0.994. The summed E-state index contributed by atoms with van der Waals surface area (Å²) in [7, 11) is 0. The molecule has 110 valence electrons. The first kappa shape index (κ1) is 14.1. The van der Waals surface area contributed by atoms with Crippen molar-refractivity contribution in [1.82, 2.24) is 15.1 Å². The Kier molecular flexibility index (Phi) is 3.67. The lowest BCUT2D eigenvalue weighted by molar-refractivity contribution is 0.0690. The van der Waals surface area contributed by atoms with Crippen molar-refractivity contribution < 1.29 is 14.4 Å². The van der Waals surface area contributed by atoms with Gasteiger partial charge in [-0.05, 0) is 26.7 Å². The fourth-order valence-corrected chi connectivity index (χ4v) is 3.02. The van der Waals surface area contributed by atoms with E-state index in [0.717, 1.165) is 24.4 Å². The largest absolute Gasteiger partial charge is 0.478 e. The molecule has 0 saturated heterocycles. The molecule has 0 aliphatic heterocycles. The van der Waals surface area contributed by atoms with Crippen molar-refractivity contribution in [3.8, 4) is 0 Å². The molecule has 2 heterocycles. The van der Waals surface area contributed by atoms with Crippen LogP contribution in [0.25, 0.3) is 0 Å². The standard InChI is InChI=1S/C14H15N3O3S/c1-7-5-10(20-17-7)6-21-13-11(14(18)19)8(2)15-12(16-13)9-3-4-9/h5,9H,3-4,6H2,1-2H3,(H,18,19). The van der Waals surface area contributed by atoms with E-state index in [4.69, 9.17) is 4.52 Å². The quantitative estimate of drug-likeness (QED) is 0.671. The van der Waals surface area contributed by atoms with E-state index in [1.54, 1.807) is 6.92 Å². The first-order chi connectivity index (χ1) is 10.0. The fourth-order valence-electron chi connectivity index (χ4n) is 2.07. The van der Waals surface area contributed by atoms with Crippen LogP contribution >= 0.6 is 11.8 Å². The third kappa shape index (κ3) is 3.07. The van der Waals surface area contributed by atoms with Gasteiger partial charge in [0.25, 0.3) is 0 Å². The minimum Gasteiger partial charge on any atom is -0.478 e. The van der Waals surface area contributed by atoms with Crippen molar-refractivity contribution in [2.45, 2.75) is 43.4 Å². The molecule has 6 nitrogen and oxygen atoms in total. The van der Waals surface area contributed by atoms with Crippen molar-refractivity contribution >= 4 is 17.7 Å². The molecule has 0 amide bonds. The maximum atomic E-state index is 11.4. The van der Waals surface area contributed by atoms with E-state index in [1.807, 2.05) is 13.0 Å². The van der Waals surface area contributed by atoms with Gasteiger partial charge in [0.2, 0.25) is 0 Å². The highest BCUT2D eigenvalue weighted by atomic mass is 32.2. The van der Waals surface area contributed by atoms with Crippen LogP contribution in [0.3, 0.4) is 0 Å². The van der Waals surface area contributed by atoms with Crippen LogP contribution < -0.4 is 0 Å². The van der Waals surface area contributed by atoms with Crippen LogP contribution in [0.5, 0.6) is 0 Å². The molecule has 1 saturated carbocycles. The maximum absolute atomic E-state index is 11.4. The molecule has 0 spiro atoms. The fraction of sp³-hybridized carbons (Fsp3) is 0.429. The molecule has 7 heteroatoms. The molecule has 1 fully saturated rings. The molecular weight excluding hydrogens is 290 g/mol. The Balaban J connectivity index is 1.88. The second-order valence-corrected chi connectivity index (χ2v) is 6.11. The average Bonchev–Trinajstić information content (AvgIpc) is 3.18. The van der Waals surface area contributed by atoms with Crippen LogP contribution in [0.4, 0.5) is 0 Å². The molecular formula is C14H15N3O3S. The van der Waals surface area contributed by atoms with Crippen LogP contribution in [-0.2, 0) is 5.75 Å². The molecule has 0 radical (unpaired) electrons. The summed E-state index contributed by atoms with van der Waals surface area (Å²) in [5.41, 5.74) is 1.51. The molecule has 3 rings (SSSR count). The summed E-state index contributed by atoms with van der Waals surface area (Å²) in [6.45, 7) is 3.57. The highest BCUT2D eigenvalue weighted by Gasteiger charge is 2.29. The van der Waals surface area contributed by atoms with Gasteiger partial charge in [-0.2, -0.15) is 0 Å². The van der Waals surface area contributed by atoms with Gasteiger partial charge in [-0.25, -0.2) is 14.8 Å². The van der Waals surface area contributed by atoms with Crippen molar-refractivity contribution in [1.29, 1.82) is 0 Å². The molecule has 0 unspecified atom stereocenters. The van der Waals surface area contributed by atoms with E-state index < -0.39 is 5.97 Å². The molecule has 1 aliphatic rings. The predicted molar refractivity (Wildman–Crippen MR) is 76.5 cm³/mol. The molecule has 0 bridgehead atoms. The number of aromatic carboxylic acids is 1. The van der Waals surface area contributed by atoms with Crippen molar-refractivity contribution in [3.05, 3.63) is 34.6 Å². The number of thioether (sulfide) groups is 1. The normalized spacial score (nSPS) is 14.4. The lowest BCUT2D eigenvalue weighted by Gasteiger charge is -2.09. The van der Waals surface area contributed by atoms with Crippen LogP contribution in [0.2, 0.25) is 0 Å². The molecule has 2 aromatic heterocycles. The second-order valence-electron chi connectivity index (χ2n) is 5.15. The first-order valence-corrected chi connectivity index (χ1v) is 7.70. The Labute approximate surface area is 126 Å². The zero-order valence-electron chi connectivity index (χ0n) is 11.8. The number of nitrogens with zero attached hydrogens (tertiary/aromatic N) is 3. The summed E-state index contributed by atoms with van der Waals surface area (Å²) in [5, 5.41) is 13.7. The Morgan fingerprint density at radius 2 is 2.19 bits per heavy atom. The zero-order chi connectivity index (χ0) is 15.0. The zero-order valence-corrected chi connectivity index (χ0v) is 12.6. The number of aromatic nitrogens is 3. The van der Waals surface area contributed by atoms with Gasteiger partial charge >= 0.3 is 5.97 Å². The average molecular weight is 305 g/mol. The smallest absolute Gasteiger partial charge is 0.340 e. The number of carbonyl (C=O) groups is 1. The summed E-state index contributed by atoms with van der Waals surface area (Å²) < 4.78 is 5.14. The van der Waals surface area contributed by atoms with E-state index in [0.29, 0.717) is 28.2 Å². The molecule has 1 N–H and O–H groups in total. The number of aryl methyl sites for hydroxylation is 2. The molecule has 1 aliphatic carbocycles. The van der Waals surface area contributed by atoms with Crippen LogP contribution in [0.1, 0.15) is 52.1 Å². The highest BCUT2D eigenvalue weighted by molar-refractivity contribution is 7.98.